The molecule has 0 heterocycles. The van der Waals surface area contributed by atoms with E-state index < -0.39 is 0 Å². The molecular weight excluding hydrogens is 360 g/mol. The minimum atomic E-state index is 0.142. The molecule has 1 amide bonds. The second-order valence-corrected chi connectivity index (χ2v) is 7.18. The molecule has 0 saturated heterocycles. The molecule has 0 unspecified atom stereocenters. The molecule has 0 aromatic heterocycles. The first-order valence-electron chi connectivity index (χ1n) is 6.98. The number of aryl methyl sites for hydroxylation is 1. The van der Waals surface area contributed by atoms with E-state index in [4.69, 9.17) is 5.73 Å². The summed E-state index contributed by atoms with van der Waals surface area (Å²) in [6.07, 6.45) is 1.25. The topological polar surface area (TPSA) is 46.3 Å². The lowest BCUT2D eigenvalue weighted by atomic mass is 10.1. The van der Waals surface area contributed by atoms with Crippen LogP contribution in [0.15, 0.2) is 56.7 Å². The van der Waals surface area contributed by atoms with Gasteiger partial charge in [-0.15, -0.1) is 0 Å². The highest BCUT2D eigenvalue weighted by Crippen LogP contribution is 2.35. The number of hydrogen-bond acceptors (Lipinski definition) is 3. The number of nitrogens with zero attached hydrogens (tertiary/aromatic N) is 1. The number of hydrogen-bond donors (Lipinski definition) is 1. The van der Waals surface area contributed by atoms with Gasteiger partial charge < -0.3 is 10.6 Å². The van der Waals surface area contributed by atoms with Crippen LogP contribution >= 0.6 is 27.7 Å². The predicted octanol–water partition coefficient (Wildman–Crippen LogP) is 4.20. The summed E-state index contributed by atoms with van der Waals surface area (Å²) < 4.78 is 0.971. The van der Waals surface area contributed by atoms with E-state index in [-0.39, 0.29) is 5.91 Å². The largest absolute Gasteiger partial charge is 0.398 e. The van der Waals surface area contributed by atoms with Crippen molar-refractivity contribution in [1.29, 1.82) is 0 Å². The zero-order chi connectivity index (χ0) is 16.1. The summed E-state index contributed by atoms with van der Waals surface area (Å²) in [4.78, 5) is 15.6. The van der Waals surface area contributed by atoms with Gasteiger partial charge in [-0.3, -0.25) is 4.79 Å². The molecule has 0 aliphatic rings. The van der Waals surface area contributed by atoms with Gasteiger partial charge in [-0.05, 0) is 36.2 Å². The van der Waals surface area contributed by atoms with Gasteiger partial charge in [-0.25, -0.2) is 0 Å². The van der Waals surface area contributed by atoms with Crippen molar-refractivity contribution >= 4 is 39.3 Å². The van der Waals surface area contributed by atoms with Gasteiger partial charge in [-0.2, -0.15) is 0 Å². The molecule has 2 aromatic rings. The maximum atomic E-state index is 11.8. The summed E-state index contributed by atoms with van der Waals surface area (Å²) in [5.74, 6) is 0.142. The molecule has 22 heavy (non-hydrogen) atoms. The molecule has 2 aromatic carbocycles. The summed E-state index contributed by atoms with van der Waals surface area (Å²) in [6.45, 7) is 0. The van der Waals surface area contributed by atoms with Crippen LogP contribution < -0.4 is 5.73 Å². The van der Waals surface area contributed by atoms with Crippen LogP contribution in [0, 0.1) is 0 Å². The Bertz CT molecular complexity index is 673. The van der Waals surface area contributed by atoms with Gasteiger partial charge in [0.1, 0.15) is 0 Å². The Balaban J connectivity index is 2.16. The Morgan fingerprint density at radius 3 is 2.59 bits per heavy atom. The minimum Gasteiger partial charge on any atom is -0.398 e. The lowest BCUT2D eigenvalue weighted by Gasteiger charge is -2.13. The molecule has 0 saturated carbocycles. The minimum absolute atomic E-state index is 0.142. The monoisotopic (exact) mass is 378 g/mol. The summed E-state index contributed by atoms with van der Waals surface area (Å²) in [5, 5.41) is 0. The molecule has 2 rings (SSSR count). The maximum Gasteiger partial charge on any atom is 0.222 e. The number of nitrogen functional groups attached to an aromatic ring is 1. The third kappa shape index (κ3) is 4.52. The molecule has 0 bridgehead atoms. The van der Waals surface area contributed by atoms with Crippen molar-refractivity contribution in [2.75, 3.05) is 19.8 Å². The van der Waals surface area contributed by atoms with Gasteiger partial charge in [0.05, 0.1) is 0 Å². The van der Waals surface area contributed by atoms with Gasteiger partial charge >= 0.3 is 0 Å². The number of rotatable bonds is 5. The Kier molecular flexibility index (Phi) is 5.91. The first-order chi connectivity index (χ1) is 10.5. The summed E-state index contributed by atoms with van der Waals surface area (Å²) in [6, 6.07) is 14.0. The summed E-state index contributed by atoms with van der Waals surface area (Å²) >= 11 is 5.06. The maximum absolute atomic E-state index is 11.8. The number of amides is 1. The first-order valence-corrected chi connectivity index (χ1v) is 8.59. The van der Waals surface area contributed by atoms with E-state index in [1.807, 2.05) is 30.3 Å². The summed E-state index contributed by atoms with van der Waals surface area (Å²) in [5.41, 5.74) is 7.99. The molecule has 0 fully saturated rings. The van der Waals surface area contributed by atoms with Crippen LogP contribution in [0.2, 0.25) is 0 Å². The van der Waals surface area contributed by atoms with E-state index in [9.17, 15) is 4.79 Å². The van der Waals surface area contributed by atoms with Gasteiger partial charge in [0.2, 0.25) is 5.91 Å². The highest BCUT2D eigenvalue weighted by molar-refractivity contribution is 9.10. The SMILES string of the molecule is CN(C)C(=O)CCc1ccccc1Sc1ccc(Br)cc1N. The van der Waals surface area contributed by atoms with Crippen molar-refractivity contribution in [3.8, 4) is 0 Å². The van der Waals surface area contributed by atoms with Crippen molar-refractivity contribution in [2.24, 2.45) is 0 Å². The molecule has 2 N–H and O–H groups in total. The van der Waals surface area contributed by atoms with E-state index in [1.54, 1.807) is 30.8 Å². The van der Waals surface area contributed by atoms with E-state index in [0.717, 1.165) is 26.4 Å². The van der Waals surface area contributed by atoms with E-state index in [1.165, 1.54) is 5.56 Å². The number of benzene rings is 2. The van der Waals surface area contributed by atoms with Crippen LogP contribution in [-0.2, 0) is 11.2 Å². The average Bonchev–Trinajstić information content (AvgIpc) is 2.48. The van der Waals surface area contributed by atoms with E-state index in [2.05, 4.69) is 28.1 Å². The first kappa shape index (κ1) is 16.9. The lowest BCUT2D eigenvalue weighted by Crippen LogP contribution is -2.21. The molecule has 3 nitrogen and oxygen atoms in total. The molecule has 0 radical (unpaired) electrons. The van der Waals surface area contributed by atoms with Crippen molar-refractivity contribution in [3.63, 3.8) is 0 Å². The van der Waals surface area contributed by atoms with Crippen LogP contribution in [0.25, 0.3) is 0 Å². The van der Waals surface area contributed by atoms with Crippen LogP contribution in [0.1, 0.15) is 12.0 Å². The highest BCUT2D eigenvalue weighted by atomic mass is 79.9. The normalized spacial score (nSPS) is 10.5. The fourth-order valence-electron chi connectivity index (χ4n) is 2.01. The Hall–Kier alpha value is -1.46. The number of carbonyl (C=O) groups excluding carboxylic acids is 1. The smallest absolute Gasteiger partial charge is 0.222 e. The summed E-state index contributed by atoms with van der Waals surface area (Å²) in [7, 11) is 3.57. The van der Waals surface area contributed by atoms with Crippen molar-refractivity contribution in [3.05, 3.63) is 52.5 Å². The molecule has 0 aliphatic heterocycles. The lowest BCUT2D eigenvalue weighted by molar-refractivity contribution is -0.128. The average molecular weight is 379 g/mol. The zero-order valence-electron chi connectivity index (χ0n) is 12.7. The fourth-order valence-corrected chi connectivity index (χ4v) is 3.38. The molecule has 0 atom stereocenters. The number of halogens is 1. The molecule has 116 valence electrons. The van der Waals surface area contributed by atoms with Gasteiger partial charge in [-0.1, -0.05) is 45.9 Å². The Morgan fingerprint density at radius 2 is 1.91 bits per heavy atom. The van der Waals surface area contributed by atoms with E-state index >= 15 is 0 Å². The molecule has 5 heteroatoms. The van der Waals surface area contributed by atoms with Crippen LogP contribution in [0.4, 0.5) is 5.69 Å². The number of carbonyl (C=O) groups is 1. The third-order valence-corrected chi connectivity index (χ3v) is 4.97. The Labute approximate surface area is 144 Å². The predicted molar refractivity (Wildman–Crippen MR) is 96.1 cm³/mol. The molecular formula is C17H19BrN2OS. The number of anilines is 1. The second-order valence-electron chi connectivity index (χ2n) is 5.18. The van der Waals surface area contributed by atoms with Crippen molar-refractivity contribution in [2.45, 2.75) is 22.6 Å². The van der Waals surface area contributed by atoms with Crippen LogP contribution in [-0.4, -0.2) is 24.9 Å². The van der Waals surface area contributed by atoms with Crippen LogP contribution in [0.3, 0.4) is 0 Å². The van der Waals surface area contributed by atoms with E-state index in [0.29, 0.717) is 6.42 Å². The van der Waals surface area contributed by atoms with Crippen molar-refractivity contribution < 1.29 is 4.79 Å². The van der Waals surface area contributed by atoms with Gasteiger partial charge in [0.25, 0.3) is 0 Å². The molecule has 0 spiro atoms. The second kappa shape index (κ2) is 7.70. The quantitative estimate of drug-likeness (QED) is 0.792. The highest BCUT2D eigenvalue weighted by Gasteiger charge is 2.10. The van der Waals surface area contributed by atoms with Crippen molar-refractivity contribution in [1.82, 2.24) is 4.90 Å². The Morgan fingerprint density at radius 1 is 1.18 bits per heavy atom. The molecule has 0 aliphatic carbocycles. The third-order valence-electron chi connectivity index (χ3n) is 3.27. The number of nitrogens with two attached hydrogens (primary N) is 1. The zero-order valence-corrected chi connectivity index (χ0v) is 15.1. The fraction of sp³-hybridized carbons (Fsp3) is 0.235. The van der Waals surface area contributed by atoms with Crippen LogP contribution in [0.5, 0.6) is 0 Å². The standard InChI is InChI=1S/C17H19BrN2OS/c1-20(2)17(21)10-7-12-5-3-4-6-15(12)22-16-9-8-13(18)11-14(16)19/h3-6,8-9,11H,7,10,19H2,1-2H3. The van der Waals surface area contributed by atoms with Gasteiger partial charge in [0, 0.05) is 40.5 Å². The van der Waals surface area contributed by atoms with Gasteiger partial charge in [0.15, 0.2) is 0 Å².